The van der Waals surface area contributed by atoms with Gasteiger partial charge in [-0.25, -0.2) is 13.2 Å². The summed E-state index contributed by atoms with van der Waals surface area (Å²) in [5.41, 5.74) is 0.986. The largest absolute Gasteiger partial charge is 0.493 e. The molecule has 0 bridgehead atoms. The molecule has 1 aliphatic heterocycles. The van der Waals surface area contributed by atoms with Crippen molar-refractivity contribution in [2.75, 3.05) is 14.2 Å². The molecule has 0 aliphatic carbocycles. The SMILES string of the molecule is COc1cc2ccc3c(c2cc1OC)CC[C@@H](c1cc(F)c(F)cc1F)O3. The van der Waals surface area contributed by atoms with Crippen molar-refractivity contribution in [3.63, 3.8) is 0 Å². The highest BCUT2D eigenvalue weighted by Crippen LogP contribution is 2.42. The molecule has 140 valence electrons. The Morgan fingerprint density at radius 3 is 2.33 bits per heavy atom. The van der Waals surface area contributed by atoms with Crippen LogP contribution in [-0.4, -0.2) is 14.2 Å². The van der Waals surface area contributed by atoms with Gasteiger partial charge in [0.25, 0.3) is 0 Å². The Bertz CT molecular complexity index is 1030. The molecule has 1 heterocycles. The van der Waals surface area contributed by atoms with Crippen molar-refractivity contribution in [3.05, 3.63) is 65.0 Å². The minimum absolute atomic E-state index is 0.0203. The third-order valence-electron chi connectivity index (χ3n) is 4.90. The summed E-state index contributed by atoms with van der Waals surface area (Å²) in [6.45, 7) is 0. The first-order valence-corrected chi connectivity index (χ1v) is 8.50. The van der Waals surface area contributed by atoms with Crippen LogP contribution in [0, 0.1) is 17.5 Å². The highest BCUT2D eigenvalue weighted by atomic mass is 19.2. The Morgan fingerprint density at radius 2 is 1.59 bits per heavy atom. The molecule has 0 unspecified atom stereocenters. The lowest BCUT2D eigenvalue weighted by Gasteiger charge is -2.28. The van der Waals surface area contributed by atoms with Crippen molar-refractivity contribution in [1.29, 1.82) is 0 Å². The van der Waals surface area contributed by atoms with Crippen LogP contribution in [0.2, 0.25) is 0 Å². The van der Waals surface area contributed by atoms with Gasteiger partial charge in [-0.2, -0.15) is 0 Å². The number of methoxy groups -OCH3 is 2. The number of hydrogen-bond acceptors (Lipinski definition) is 3. The maximum absolute atomic E-state index is 14.1. The van der Waals surface area contributed by atoms with Crippen LogP contribution in [0.15, 0.2) is 36.4 Å². The summed E-state index contributed by atoms with van der Waals surface area (Å²) >= 11 is 0. The van der Waals surface area contributed by atoms with Crippen LogP contribution in [0.3, 0.4) is 0 Å². The van der Waals surface area contributed by atoms with Gasteiger partial charge in [-0.15, -0.1) is 0 Å². The Hall–Kier alpha value is -2.89. The maximum Gasteiger partial charge on any atom is 0.161 e. The van der Waals surface area contributed by atoms with E-state index in [0.717, 1.165) is 22.4 Å². The van der Waals surface area contributed by atoms with Crippen molar-refractivity contribution in [1.82, 2.24) is 0 Å². The van der Waals surface area contributed by atoms with Gasteiger partial charge in [0.05, 0.1) is 14.2 Å². The molecule has 0 N–H and O–H groups in total. The van der Waals surface area contributed by atoms with E-state index in [4.69, 9.17) is 14.2 Å². The second-order valence-corrected chi connectivity index (χ2v) is 6.40. The third kappa shape index (κ3) is 2.95. The van der Waals surface area contributed by atoms with Gasteiger partial charge >= 0.3 is 0 Å². The molecule has 27 heavy (non-hydrogen) atoms. The van der Waals surface area contributed by atoms with Crippen molar-refractivity contribution < 1.29 is 27.4 Å². The highest BCUT2D eigenvalue weighted by molar-refractivity contribution is 5.91. The summed E-state index contributed by atoms with van der Waals surface area (Å²) < 4.78 is 57.5. The molecule has 0 saturated carbocycles. The molecule has 3 aromatic carbocycles. The molecule has 0 amide bonds. The molecule has 1 aliphatic rings. The van der Waals surface area contributed by atoms with Crippen LogP contribution in [0.1, 0.15) is 23.7 Å². The number of aryl methyl sites for hydroxylation is 1. The lowest BCUT2D eigenvalue weighted by Crippen LogP contribution is -2.17. The minimum atomic E-state index is -1.21. The van der Waals surface area contributed by atoms with Crippen LogP contribution in [0.4, 0.5) is 13.2 Å². The Labute approximate surface area is 154 Å². The Balaban J connectivity index is 1.75. The van der Waals surface area contributed by atoms with Gasteiger partial charge in [-0.3, -0.25) is 0 Å². The normalized spacial score (nSPS) is 16.0. The predicted octanol–water partition coefficient (Wildman–Crippen LogP) is 5.34. The van der Waals surface area contributed by atoms with E-state index in [1.165, 1.54) is 0 Å². The van der Waals surface area contributed by atoms with Crippen LogP contribution in [-0.2, 0) is 6.42 Å². The molecule has 4 rings (SSSR count). The molecule has 0 fully saturated rings. The summed E-state index contributed by atoms with van der Waals surface area (Å²) in [6.07, 6.45) is 0.374. The number of hydrogen-bond donors (Lipinski definition) is 0. The summed E-state index contributed by atoms with van der Waals surface area (Å²) in [5, 5.41) is 1.92. The summed E-state index contributed by atoms with van der Waals surface area (Å²) in [4.78, 5) is 0. The zero-order valence-corrected chi connectivity index (χ0v) is 14.8. The first kappa shape index (κ1) is 17.5. The van der Waals surface area contributed by atoms with E-state index >= 15 is 0 Å². The van der Waals surface area contributed by atoms with Crippen molar-refractivity contribution in [3.8, 4) is 17.2 Å². The van der Waals surface area contributed by atoms with Crippen molar-refractivity contribution >= 4 is 10.8 Å². The molecule has 6 heteroatoms. The average molecular weight is 374 g/mol. The number of halogens is 3. The number of fused-ring (bicyclic) bond motifs is 3. The fraction of sp³-hybridized carbons (Fsp3) is 0.238. The Kier molecular flexibility index (Phi) is 4.34. The number of ether oxygens (including phenoxy) is 3. The highest BCUT2D eigenvalue weighted by Gasteiger charge is 2.27. The zero-order chi connectivity index (χ0) is 19.1. The van der Waals surface area contributed by atoms with E-state index in [1.54, 1.807) is 20.3 Å². The molecule has 3 aromatic rings. The third-order valence-corrected chi connectivity index (χ3v) is 4.90. The molecule has 0 saturated heterocycles. The molecule has 3 nitrogen and oxygen atoms in total. The number of benzene rings is 3. The molecule has 0 spiro atoms. The molecule has 0 aromatic heterocycles. The smallest absolute Gasteiger partial charge is 0.161 e. The topological polar surface area (TPSA) is 27.7 Å². The van der Waals surface area contributed by atoms with E-state index in [-0.39, 0.29) is 5.56 Å². The van der Waals surface area contributed by atoms with E-state index in [2.05, 4.69) is 0 Å². The molecular formula is C21H17F3O3. The lowest BCUT2D eigenvalue weighted by molar-refractivity contribution is 0.172. The van der Waals surface area contributed by atoms with Crippen LogP contribution in [0.25, 0.3) is 10.8 Å². The van der Waals surface area contributed by atoms with Gasteiger partial charge < -0.3 is 14.2 Å². The lowest BCUT2D eigenvalue weighted by atomic mass is 9.93. The summed E-state index contributed by atoms with van der Waals surface area (Å²) in [7, 11) is 3.14. The maximum atomic E-state index is 14.1. The zero-order valence-electron chi connectivity index (χ0n) is 14.8. The summed E-state index contributed by atoms with van der Waals surface area (Å²) in [6, 6.07) is 8.87. The van der Waals surface area contributed by atoms with Crippen molar-refractivity contribution in [2.45, 2.75) is 18.9 Å². The summed E-state index contributed by atoms with van der Waals surface area (Å²) in [5.74, 6) is -1.28. The molecule has 1 atom stereocenters. The molecule has 0 radical (unpaired) electrons. The van der Waals surface area contributed by atoms with E-state index in [0.29, 0.717) is 36.2 Å². The minimum Gasteiger partial charge on any atom is -0.493 e. The second-order valence-electron chi connectivity index (χ2n) is 6.40. The van der Waals surface area contributed by atoms with Gasteiger partial charge in [0.15, 0.2) is 23.1 Å². The average Bonchev–Trinajstić information content (AvgIpc) is 2.69. The number of rotatable bonds is 3. The van der Waals surface area contributed by atoms with Crippen LogP contribution >= 0.6 is 0 Å². The Morgan fingerprint density at radius 1 is 0.889 bits per heavy atom. The van der Waals surface area contributed by atoms with Gasteiger partial charge in [0.1, 0.15) is 17.7 Å². The van der Waals surface area contributed by atoms with Crippen LogP contribution in [0.5, 0.6) is 17.2 Å². The van der Waals surface area contributed by atoms with Crippen molar-refractivity contribution in [2.24, 2.45) is 0 Å². The van der Waals surface area contributed by atoms with Gasteiger partial charge in [-0.05, 0) is 47.9 Å². The van der Waals surface area contributed by atoms with Gasteiger partial charge in [0.2, 0.25) is 0 Å². The second kappa shape index (κ2) is 6.68. The van der Waals surface area contributed by atoms with Gasteiger partial charge in [0, 0.05) is 17.2 Å². The van der Waals surface area contributed by atoms with E-state index < -0.39 is 23.6 Å². The van der Waals surface area contributed by atoms with Crippen LogP contribution < -0.4 is 14.2 Å². The quantitative estimate of drug-likeness (QED) is 0.579. The first-order valence-electron chi connectivity index (χ1n) is 8.50. The standard InChI is InChI=1S/C21H17F3O3/c1-25-20-7-11-3-5-18-12(13(11)9-21(20)26-2)4-6-19(27-18)14-8-16(23)17(24)10-15(14)22/h3,5,7-10,19H,4,6H2,1-2H3/t19-/m0/s1. The fourth-order valence-electron chi connectivity index (χ4n) is 3.55. The first-order chi connectivity index (χ1) is 13.0. The molecular weight excluding hydrogens is 357 g/mol. The monoisotopic (exact) mass is 374 g/mol. The predicted molar refractivity (Wildman–Crippen MR) is 95.1 cm³/mol. The van der Waals surface area contributed by atoms with E-state index in [9.17, 15) is 13.2 Å². The van der Waals surface area contributed by atoms with E-state index in [1.807, 2.05) is 18.2 Å². The van der Waals surface area contributed by atoms with Gasteiger partial charge in [-0.1, -0.05) is 6.07 Å². The fourth-order valence-corrected chi connectivity index (χ4v) is 3.55.